The molecule has 1 unspecified atom stereocenters. The van der Waals surface area contributed by atoms with E-state index >= 15 is 0 Å². The van der Waals surface area contributed by atoms with Crippen molar-refractivity contribution < 1.29 is 19.7 Å². The molecule has 0 bridgehead atoms. The van der Waals surface area contributed by atoms with Crippen LogP contribution in [0.15, 0.2) is 36.5 Å². The Morgan fingerprint density at radius 2 is 2.00 bits per heavy atom. The second-order valence-corrected chi connectivity index (χ2v) is 6.36. The lowest BCUT2D eigenvalue weighted by Crippen LogP contribution is -2.26. The van der Waals surface area contributed by atoms with Crippen LogP contribution in [-0.2, 0) is 23.4 Å². The van der Waals surface area contributed by atoms with Crippen LogP contribution in [0.5, 0.6) is 5.75 Å². The molecule has 6 heteroatoms. The highest BCUT2D eigenvalue weighted by atomic mass is 16.5. The number of aliphatic carboxylic acids is 1. The summed E-state index contributed by atoms with van der Waals surface area (Å²) in [6, 6.07) is 9.01. The maximum Gasteiger partial charge on any atom is 0.332 e. The number of rotatable bonds is 6. The fourth-order valence-electron chi connectivity index (χ4n) is 2.30. The molecule has 0 fully saturated rings. The van der Waals surface area contributed by atoms with Crippen molar-refractivity contribution in [3.05, 3.63) is 47.8 Å². The summed E-state index contributed by atoms with van der Waals surface area (Å²) in [4.78, 5) is 10.8. The number of carbonyl (C=O) groups is 1. The van der Waals surface area contributed by atoms with Gasteiger partial charge in [-0.15, -0.1) is 0 Å². The monoisotopic (exact) mass is 318 g/mol. The first-order valence-electron chi connectivity index (χ1n) is 7.44. The number of nitrogens with zero attached hydrogens (tertiary/aromatic N) is 2. The zero-order valence-corrected chi connectivity index (χ0v) is 13.6. The topological polar surface area (TPSA) is 84.6 Å². The van der Waals surface area contributed by atoms with E-state index in [1.807, 2.05) is 16.8 Å². The number of aliphatic hydroxyl groups excluding tert-OH is 1. The minimum atomic E-state index is -1.44. The van der Waals surface area contributed by atoms with Crippen LogP contribution in [-0.4, -0.2) is 32.1 Å². The molecular weight excluding hydrogens is 296 g/mol. The molecule has 1 aromatic carbocycles. The number of hydrogen-bond acceptors (Lipinski definition) is 4. The van der Waals surface area contributed by atoms with Crippen molar-refractivity contribution in [1.29, 1.82) is 0 Å². The van der Waals surface area contributed by atoms with Crippen molar-refractivity contribution in [3.63, 3.8) is 0 Å². The maximum absolute atomic E-state index is 10.8. The largest absolute Gasteiger partial charge is 0.487 e. The Bertz CT molecular complexity index is 673. The highest BCUT2D eigenvalue weighted by molar-refractivity contribution is 5.72. The quantitative estimate of drug-likeness (QED) is 0.853. The molecule has 0 aliphatic heterocycles. The molecule has 0 spiro atoms. The van der Waals surface area contributed by atoms with E-state index in [1.54, 1.807) is 24.4 Å². The van der Waals surface area contributed by atoms with Crippen LogP contribution in [0.2, 0.25) is 0 Å². The van der Waals surface area contributed by atoms with Crippen LogP contribution in [0.4, 0.5) is 0 Å². The molecule has 0 saturated heterocycles. The van der Waals surface area contributed by atoms with Gasteiger partial charge in [-0.05, 0) is 38.5 Å². The van der Waals surface area contributed by atoms with Gasteiger partial charge in [-0.25, -0.2) is 4.79 Å². The van der Waals surface area contributed by atoms with Crippen LogP contribution in [0, 0.1) is 0 Å². The van der Waals surface area contributed by atoms with Crippen molar-refractivity contribution in [2.24, 2.45) is 0 Å². The van der Waals surface area contributed by atoms with Crippen LogP contribution >= 0.6 is 0 Å². The van der Waals surface area contributed by atoms with Crippen molar-refractivity contribution >= 4 is 5.97 Å². The molecule has 0 aliphatic carbocycles. The molecular formula is C17H22N2O4. The van der Waals surface area contributed by atoms with Crippen molar-refractivity contribution in [3.8, 4) is 5.75 Å². The summed E-state index contributed by atoms with van der Waals surface area (Å²) in [5.74, 6) is -0.680. The molecule has 124 valence electrons. The first-order valence-corrected chi connectivity index (χ1v) is 7.44. The molecule has 0 saturated carbocycles. The van der Waals surface area contributed by atoms with E-state index in [0.29, 0.717) is 17.9 Å². The number of para-hydroxylation sites is 1. The normalized spacial score (nSPS) is 12.9. The van der Waals surface area contributed by atoms with Crippen LogP contribution in [0.3, 0.4) is 0 Å². The summed E-state index contributed by atoms with van der Waals surface area (Å²) < 4.78 is 7.72. The molecule has 6 nitrogen and oxygen atoms in total. The third-order valence-corrected chi connectivity index (χ3v) is 3.40. The molecule has 0 amide bonds. The first-order chi connectivity index (χ1) is 10.8. The lowest BCUT2D eigenvalue weighted by Gasteiger charge is -2.22. The van der Waals surface area contributed by atoms with Gasteiger partial charge in [0.1, 0.15) is 12.4 Å². The van der Waals surface area contributed by atoms with Crippen molar-refractivity contribution in [2.75, 3.05) is 0 Å². The van der Waals surface area contributed by atoms with Gasteiger partial charge in [-0.2, -0.15) is 5.10 Å². The second kappa shape index (κ2) is 6.83. The number of ether oxygens (including phenoxy) is 1. The Morgan fingerprint density at radius 3 is 2.65 bits per heavy atom. The minimum absolute atomic E-state index is 0.00401. The number of hydrogen-bond donors (Lipinski definition) is 2. The molecule has 1 aromatic heterocycles. The minimum Gasteiger partial charge on any atom is -0.487 e. The van der Waals surface area contributed by atoms with Crippen molar-refractivity contribution in [2.45, 2.75) is 45.4 Å². The SMILES string of the molecule is CC(C)(C)n1nccc1COc1ccccc1CC(O)C(=O)O. The highest BCUT2D eigenvalue weighted by Crippen LogP contribution is 2.22. The molecule has 2 N–H and O–H groups in total. The van der Waals surface area contributed by atoms with Crippen LogP contribution < -0.4 is 4.74 Å². The Balaban J connectivity index is 2.13. The number of aromatic nitrogens is 2. The Labute approximate surface area is 135 Å². The number of aliphatic hydroxyl groups is 1. The van der Waals surface area contributed by atoms with Crippen molar-refractivity contribution in [1.82, 2.24) is 9.78 Å². The van der Waals surface area contributed by atoms with Gasteiger partial charge in [-0.3, -0.25) is 4.68 Å². The summed E-state index contributed by atoms with van der Waals surface area (Å²) in [6.45, 7) is 6.49. The van der Waals surface area contributed by atoms with Crippen LogP contribution in [0.1, 0.15) is 32.0 Å². The van der Waals surface area contributed by atoms with E-state index in [0.717, 1.165) is 5.69 Å². The molecule has 2 rings (SSSR count). The summed E-state index contributed by atoms with van der Waals surface area (Å²) >= 11 is 0. The molecule has 1 atom stereocenters. The van der Waals surface area contributed by atoms with E-state index in [-0.39, 0.29) is 12.0 Å². The van der Waals surface area contributed by atoms with Gasteiger partial charge in [0, 0.05) is 12.6 Å². The van der Waals surface area contributed by atoms with E-state index in [9.17, 15) is 9.90 Å². The standard InChI is InChI=1S/C17H22N2O4/c1-17(2,3)19-13(8-9-18-19)11-23-15-7-5-4-6-12(15)10-14(20)16(21)22/h4-9,14,20H,10-11H2,1-3H3,(H,21,22). The average Bonchev–Trinajstić information content (AvgIpc) is 2.94. The van der Waals surface area contributed by atoms with E-state index < -0.39 is 12.1 Å². The fraction of sp³-hybridized carbons (Fsp3) is 0.412. The van der Waals surface area contributed by atoms with E-state index in [4.69, 9.17) is 9.84 Å². The number of carboxylic acid groups (broad SMARTS) is 1. The second-order valence-electron chi connectivity index (χ2n) is 6.36. The number of carboxylic acids is 1. The third-order valence-electron chi connectivity index (χ3n) is 3.40. The zero-order chi connectivity index (χ0) is 17.0. The lowest BCUT2D eigenvalue weighted by atomic mass is 10.1. The average molecular weight is 318 g/mol. The number of benzene rings is 1. The summed E-state index contributed by atoms with van der Waals surface area (Å²) in [5, 5.41) is 22.7. The molecule has 1 heterocycles. The first kappa shape index (κ1) is 17.0. The van der Waals surface area contributed by atoms with E-state index in [2.05, 4.69) is 25.9 Å². The molecule has 2 aromatic rings. The lowest BCUT2D eigenvalue weighted by molar-refractivity contribution is -0.146. The molecule has 0 radical (unpaired) electrons. The van der Waals surface area contributed by atoms with Gasteiger partial charge in [0.15, 0.2) is 6.10 Å². The summed E-state index contributed by atoms with van der Waals surface area (Å²) in [5.41, 5.74) is 1.43. The predicted molar refractivity (Wildman–Crippen MR) is 85.3 cm³/mol. The Hall–Kier alpha value is -2.34. The zero-order valence-electron chi connectivity index (χ0n) is 13.6. The van der Waals surface area contributed by atoms with Gasteiger partial charge in [-0.1, -0.05) is 18.2 Å². The van der Waals surface area contributed by atoms with Gasteiger partial charge in [0.05, 0.1) is 11.2 Å². The smallest absolute Gasteiger partial charge is 0.332 e. The third kappa shape index (κ3) is 4.32. The maximum atomic E-state index is 10.8. The Kier molecular flexibility index (Phi) is 5.05. The summed E-state index contributed by atoms with van der Waals surface area (Å²) in [6.07, 6.45) is 0.286. The highest BCUT2D eigenvalue weighted by Gasteiger charge is 2.19. The predicted octanol–water partition coefficient (Wildman–Crippen LogP) is 2.21. The van der Waals surface area contributed by atoms with Gasteiger partial charge < -0.3 is 14.9 Å². The Morgan fingerprint density at radius 1 is 1.30 bits per heavy atom. The van der Waals surface area contributed by atoms with Gasteiger partial charge in [0.2, 0.25) is 0 Å². The van der Waals surface area contributed by atoms with E-state index in [1.165, 1.54) is 0 Å². The van der Waals surface area contributed by atoms with Gasteiger partial charge >= 0.3 is 5.97 Å². The summed E-state index contributed by atoms with van der Waals surface area (Å²) in [7, 11) is 0. The van der Waals surface area contributed by atoms with Gasteiger partial charge in [0.25, 0.3) is 0 Å². The fourth-order valence-corrected chi connectivity index (χ4v) is 2.30. The van der Waals surface area contributed by atoms with Crippen LogP contribution in [0.25, 0.3) is 0 Å². The molecule has 23 heavy (non-hydrogen) atoms. The molecule has 0 aliphatic rings.